The fourth-order valence-electron chi connectivity index (χ4n) is 3.03. The number of hydrogen-bond acceptors (Lipinski definition) is 4. The van der Waals surface area contributed by atoms with Gasteiger partial charge in [-0.2, -0.15) is 5.26 Å². The monoisotopic (exact) mass is 287 g/mol. The van der Waals surface area contributed by atoms with E-state index in [9.17, 15) is 0 Å². The summed E-state index contributed by atoms with van der Waals surface area (Å²) in [4.78, 5) is 4.78. The highest BCUT2D eigenvalue weighted by Crippen LogP contribution is 2.23. The van der Waals surface area contributed by atoms with Gasteiger partial charge in [0.1, 0.15) is 11.8 Å². The summed E-state index contributed by atoms with van der Waals surface area (Å²) in [5, 5.41) is 9.02. The molecule has 2 rings (SSSR count). The predicted octanol–water partition coefficient (Wildman–Crippen LogP) is 2.34. The number of nitrogens with zero attached hydrogens (tertiary/aromatic N) is 3. The SMILES string of the molecule is COc1cc(CN2CCC(CN(C)C)CC2)ccc1C#N. The summed E-state index contributed by atoms with van der Waals surface area (Å²) in [6.45, 7) is 4.44. The van der Waals surface area contributed by atoms with Gasteiger partial charge in [-0.05, 0) is 63.6 Å². The second kappa shape index (κ2) is 7.44. The highest BCUT2D eigenvalue weighted by molar-refractivity contribution is 5.45. The Morgan fingerprint density at radius 3 is 2.62 bits per heavy atom. The number of hydrogen-bond donors (Lipinski definition) is 0. The summed E-state index contributed by atoms with van der Waals surface area (Å²) in [5.74, 6) is 1.50. The van der Waals surface area contributed by atoms with Gasteiger partial charge < -0.3 is 9.64 Å². The molecule has 1 heterocycles. The molecule has 1 aliphatic rings. The highest BCUT2D eigenvalue weighted by atomic mass is 16.5. The number of piperidine rings is 1. The van der Waals surface area contributed by atoms with Gasteiger partial charge in [0.2, 0.25) is 0 Å². The van der Waals surface area contributed by atoms with Crippen LogP contribution in [0.1, 0.15) is 24.0 Å². The van der Waals surface area contributed by atoms with Gasteiger partial charge >= 0.3 is 0 Å². The third-order valence-electron chi connectivity index (χ3n) is 4.12. The van der Waals surface area contributed by atoms with Gasteiger partial charge in [0.05, 0.1) is 12.7 Å². The highest BCUT2D eigenvalue weighted by Gasteiger charge is 2.19. The first-order valence-electron chi connectivity index (χ1n) is 7.56. The van der Waals surface area contributed by atoms with Crippen LogP contribution < -0.4 is 4.74 Å². The Balaban J connectivity index is 1.90. The molecule has 0 saturated carbocycles. The van der Waals surface area contributed by atoms with Crippen molar-refractivity contribution in [3.05, 3.63) is 29.3 Å². The van der Waals surface area contributed by atoms with Crippen LogP contribution in [0.3, 0.4) is 0 Å². The Bertz CT molecular complexity index is 499. The molecule has 0 atom stereocenters. The number of ether oxygens (including phenoxy) is 1. The molecule has 4 nitrogen and oxygen atoms in total. The Kier molecular flexibility index (Phi) is 5.60. The van der Waals surface area contributed by atoms with Crippen LogP contribution >= 0.6 is 0 Å². The minimum absolute atomic E-state index is 0.603. The summed E-state index contributed by atoms with van der Waals surface area (Å²) in [6.07, 6.45) is 2.54. The van der Waals surface area contributed by atoms with E-state index < -0.39 is 0 Å². The normalized spacial score (nSPS) is 16.9. The molecule has 0 aliphatic carbocycles. The first-order valence-corrected chi connectivity index (χ1v) is 7.56. The molecule has 1 fully saturated rings. The molecule has 0 unspecified atom stereocenters. The van der Waals surface area contributed by atoms with Crippen molar-refractivity contribution in [1.29, 1.82) is 5.26 Å². The molecular formula is C17H25N3O. The van der Waals surface area contributed by atoms with Gasteiger partial charge in [-0.25, -0.2) is 0 Å². The predicted molar refractivity (Wildman–Crippen MR) is 84.3 cm³/mol. The van der Waals surface area contributed by atoms with Gasteiger partial charge in [-0.15, -0.1) is 0 Å². The maximum Gasteiger partial charge on any atom is 0.136 e. The maximum atomic E-state index is 9.02. The summed E-state index contributed by atoms with van der Waals surface area (Å²) in [6, 6.07) is 8.04. The molecule has 0 spiro atoms. The third kappa shape index (κ3) is 4.45. The van der Waals surface area contributed by atoms with Gasteiger partial charge in [0, 0.05) is 13.1 Å². The molecule has 0 radical (unpaired) electrons. The Morgan fingerprint density at radius 1 is 1.33 bits per heavy atom. The van der Waals surface area contributed by atoms with E-state index >= 15 is 0 Å². The summed E-state index contributed by atoms with van der Waals surface area (Å²) >= 11 is 0. The quantitative estimate of drug-likeness (QED) is 0.833. The van der Waals surface area contributed by atoms with Crippen molar-refractivity contribution in [2.45, 2.75) is 19.4 Å². The van der Waals surface area contributed by atoms with E-state index in [1.807, 2.05) is 18.2 Å². The lowest BCUT2D eigenvalue weighted by atomic mass is 9.96. The van der Waals surface area contributed by atoms with Crippen molar-refractivity contribution in [3.8, 4) is 11.8 Å². The van der Waals surface area contributed by atoms with E-state index in [4.69, 9.17) is 10.00 Å². The molecule has 114 valence electrons. The molecule has 21 heavy (non-hydrogen) atoms. The number of nitriles is 1. The summed E-state index contributed by atoms with van der Waals surface area (Å²) in [5.41, 5.74) is 1.82. The van der Waals surface area contributed by atoms with Gasteiger partial charge in [-0.1, -0.05) is 6.07 Å². The summed E-state index contributed by atoms with van der Waals surface area (Å²) < 4.78 is 5.28. The van der Waals surface area contributed by atoms with Crippen molar-refractivity contribution < 1.29 is 4.74 Å². The first-order chi connectivity index (χ1) is 10.1. The van der Waals surface area contributed by atoms with E-state index in [2.05, 4.69) is 30.0 Å². The Labute approximate surface area is 127 Å². The smallest absolute Gasteiger partial charge is 0.136 e. The van der Waals surface area contributed by atoms with Crippen molar-refractivity contribution in [1.82, 2.24) is 9.80 Å². The van der Waals surface area contributed by atoms with E-state index in [1.165, 1.54) is 24.9 Å². The van der Waals surface area contributed by atoms with Gasteiger partial charge in [0.25, 0.3) is 0 Å². The van der Waals surface area contributed by atoms with Crippen LogP contribution in [0.2, 0.25) is 0 Å². The minimum Gasteiger partial charge on any atom is -0.495 e. The maximum absolute atomic E-state index is 9.02. The van der Waals surface area contributed by atoms with Crippen LogP contribution in [-0.4, -0.2) is 50.6 Å². The molecule has 0 aromatic heterocycles. The largest absolute Gasteiger partial charge is 0.495 e. The van der Waals surface area contributed by atoms with Crippen LogP contribution in [0.4, 0.5) is 0 Å². The summed E-state index contributed by atoms with van der Waals surface area (Å²) in [7, 11) is 5.91. The first kappa shape index (κ1) is 15.8. The molecule has 1 saturated heterocycles. The van der Waals surface area contributed by atoms with E-state index in [1.54, 1.807) is 7.11 Å². The van der Waals surface area contributed by atoms with Crippen LogP contribution in [0, 0.1) is 17.2 Å². The molecule has 0 bridgehead atoms. The fourth-order valence-corrected chi connectivity index (χ4v) is 3.03. The molecule has 1 aliphatic heterocycles. The van der Waals surface area contributed by atoms with Crippen molar-refractivity contribution in [2.75, 3.05) is 40.8 Å². The van der Waals surface area contributed by atoms with Crippen LogP contribution in [0.15, 0.2) is 18.2 Å². The average molecular weight is 287 g/mol. The lowest BCUT2D eigenvalue weighted by Gasteiger charge is -2.33. The zero-order valence-corrected chi connectivity index (χ0v) is 13.3. The lowest BCUT2D eigenvalue weighted by Crippen LogP contribution is -2.36. The van der Waals surface area contributed by atoms with Crippen LogP contribution in [-0.2, 0) is 6.54 Å². The van der Waals surface area contributed by atoms with Crippen molar-refractivity contribution >= 4 is 0 Å². The number of methoxy groups -OCH3 is 1. The van der Waals surface area contributed by atoms with Gasteiger partial charge in [-0.3, -0.25) is 4.90 Å². The van der Waals surface area contributed by atoms with Gasteiger partial charge in [0.15, 0.2) is 0 Å². The molecule has 0 N–H and O–H groups in total. The lowest BCUT2D eigenvalue weighted by molar-refractivity contribution is 0.157. The minimum atomic E-state index is 0.603. The number of benzene rings is 1. The number of likely N-dealkylation sites (tertiary alicyclic amines) is 1. The Hall–Kier alpha value is -1.57. The van der Waals surface area contributed by atoms with Crippen LogP contribution in [0.25, 0.3) is 0 Å². The Morgan fingerprint density at radius 2 is 2.05 bits per heavy atom. The second-order valence-corrected chi connectivity index (χ2v) is 6.13. The number of rotatable bonds is 5. The van der Waals surface area contributed by atoms with E-state index in [0.717, 1.165) is 25.6 Å². The molecule has 1 aromatic carbocycles. The fraction of sp³-hybridized carbons (Fsp3) is 0.588. The second-order valence-electron chi connectivity index (χ2n) is 6.13. The standard InChI is InChI=1S/C17H25N3O/c1-19(2)12-14-6-8-20(9-7-14)13-15-4-5-16(11-18)17(10-15)21-3/h4-5,10,14H,6-9,12-13H2,1-3H3. The molecule has 4 heteroatoms. The topological polar surface area (TPSA) is 39.5 Å². The molecule has 1 aromatic rings. The average Bonchev–Trinajstić information content (AvgIpc) is 2.48. The van der Waals surface area contributed by atoms with Crippen molar-refractivity contribution in [3.63, 3.8) is 0 Å². The van der Waals surface area contributed by atoms with Crippen molar-refractivity contribution in [2.24, 2.45) is 5.92 Å². The van der Waals surface area contributed by atoms with E-state index in [0.29, 0.717) is 11.3 Å². The zero-order valence-electron chi connectivity index (χ0n) is 13.3. The third-order valence-corrected chi connectivity index (χ3v) is 4.12. The zero-order chi connectivity index (χ0) is 15.2. The van der Waals surface area contributed by atoms with Crippen LogP contribution in [0.5, 0.6) is 5.75 Å². The van der Waals surface area contributed by atoms with E-state index in [-0.39, 0.29) is 0 Å². The molecular weight excluding hydrogens is 262 g/mol. The molecule has 0 amide bonds.